The second-order valence-corrected chi connectivity index (χ2v) is 5.90. The Balaban J connectivity index is 2.00. The minimum atomic E-state index is -0.0272. The zero-order valence-electron chi connectivity index (χ0n) is 12.3. The highest BCUT2D eigenvalue weighted by Gasteiger charge is 2.08. The van der Waals surface area contributed by atoms with Crippen LogP contribution in [0.15, 0.2) is 48.5 Å². The second kappa shape index (κ2) is 7.28. The van der Waals surface area contributed by atoms with Crippen LogP contribution in [0.3, 0.4) is 0 Å². The fourth-order valence-electron chi connectivity index (χ4n) is 2.13. The van der Waals surface area contributed by atoms with Crippen molar-refractivity contribution in [2.45, 2.75) is 20.3 Å². The van der Waals surface area contributed by atoms with Gasteiger partial charge in [0.25, 0.3) is 0 Å². The highest BCUT2D eigenvalue weighted by atomic mass is 35.5. The third-order valence-corrected chi connectivity index (χ3v) is 3.29. The van der Waals surface area contributed by atoms with E-state index < -0.39 is 0 Å². The van der Waals surface area contributed by atoms with Gasteiger partial charge in [0.15, 0.2) is 12.4 Å². The molecule has 0 aliphatic heterocycles. The predicted octanol–water partition coefficient (Wildman–Crippen LogP) is 4.80. The zero-order valence-corrected chi connectivity index (χ0v) is 13.1. The van der Waals surface area contributed by atoms with Gasteiger partial charge in [0.05, 0.1) is 0 Å². The topological polar surface area (TPSA) is 26.3 Å². The van der Waals surface area contributed by atoms with Crippen LogP contribution in [-0.2, 0) is 6.42 Å². The number of hydrogen-bond acceptors (Lipinski definition) is 2. The lowest BCUT2D eigenvalue weighted by Gasteiger charge is -2.08. The summed E-state index contributed by atoms with van der Waals surface area (Å²) in [5.74, 6) is 1.15. The third kappa shape index (κ3) is 4.91. The van der Waals surface area contributed by atoms with Gasteiger partial charge in [0, 0.05) is 10.6 Å². The molecule has 21 heavy (non-hydrogen) atoms. The van der Waals surface area contributed by atoms with Crippen LogP contribution in [-0.4, -0.2) is 12.4 Å². The molecule has 0 bridgehead atoms. The van der Waals surface area contributed by atoms with E-state index in [4.69, 9.17) is 16.3 Å². The number of Topliss-reactive ketones (excluding diaryl/α,β-unsaturated/α-hetero) is 1. The molecule has 0 saturated heterocycles. The van der Waals surface area contributed by atoms with Gasteiger partial charge in [-0.3, -0.25) is 4.79 Å². The summed E-state index contributed by atoms with van der Waals surface area (Å²) in [5.41, 5.74) is 1.87. The van der Waals surface area contributed by atoms with Crippen LogP contribution in [0, 0.1) is 5.92 Å². The number of carbonyl (C=O) groups is 1. The van der Waals surface area contributed by atoms with Crippen molar-refractivity contribution in [2.75, 3.05) is 6.61 Å². The molecule has 0 fully saturated rings. The minimum absolute atomic E-state index is 0.0193. The maximum Gasteiger partial charge on any atom is 0.200 e. The van der Waals surface area contributed by atoms with E-state index in [1.165, 1.54) is 5.56 Å². The number of benzene rings is 2. The number of rotatable bonds is 6. The molecule has 0 aromatic heterocycles. The van der Waals surface area contributed by atoms with E-state index in [9.17, 15) is 4.79 Å². The molecule has 0 aliphatic carbocycles. The number of ether oxygens (including phenoxy) is 1. The van der Waals surface area contributed by atoms with Gasteiger partial charge in [0.2, 0.25) is 0 Å². The van der Waals surface area contributed by atoms with Crippen molar-refractivity contribution >= 4 is 17.4 Å². The normalized spacial score (nSPS) is 10.7. The van der Waals surface area contributed by atoms with Crippen LogP contribution in [0.1, 0.15) is 29.8 Å². The first-order valence-corrected chi connectivity index (χ1v) is 7.43. The van der Waals surface area contributed by atoms with E-state index in [0.29, 0.717) is 22.3 Å². The first-order chi connectivity index (χ1) is 10.0. The molecule has 2 rings (SSSR count). The minimum Gasteiger partial charge on any atom is -0.485 e. The summed E-state index contributed by atoms with van der Waals surface area (Å²) in [7, 11) is 0. The molecule has 0 N–H and O–H groups in total. The largest absolute Gasteiger partial charge is 0.485 e. The van der Waals surface area contributed by atoms with Crippen molar-refractivity contribution in [2.24, 2.45) is 5.92 Å². The van der Waals surface area contributed by atoms with Crippen LogP contribution in [0.4, 0.5) is 0 Å². The van der Waals surface area contributed by atoms with Crippen molar-refractivity contribution in [3.63, 3.8) is 0 Å². The monoisotopic (exact) mass is 302 g/mol. The highest BCUT2D eigenvalue weighted by Crippen LogP contribution is 2.17. The van der Waals surface area contributed by atoms with Crippen LogP contribution >= 0.6 is 11.6 Å². The molecule has 0 radical (unpaired) electrons. The summed E-state index contributed by atoms with van der Waals surface area (Å²) < 4.78 is 5.49. The molecule has 3 heteroatoms. The molecule has 2 aromatic rings. The van der Waals surface area contributed by atoms with Gasteiger partial charge in [-0.05, 0) is 42.2 Å². The molecule has 0 aliphatic rings. The molecule has 110 valence electrons. The first-order valence-electron chi connectivity index (χ1n) is 7.05. The molecule has 0 unspecified atom stereocenters. The lowest BCUT2D eigenvalue weighted by Crippen LogP contribution is -2.12. The molecule has 0 heterocycles. The number of halogens is 1. The Labute approximate surface area is 130 Å². The number of carbonyl (C=O) groups excluding carboxylic acids is 1. The van der Waals surface area contributed by atoms with Crippen LogP contribution in [0.5, 0.6) is 5.75 Å². The van der Waals surface area contributed by atoms with Gasteiger partial charge in [-0.1, -0.05) is 49.7 Å². The predicted molar refractivity (Wildman–Crippen MR) is 86.3 cm³/mol. The Bertz CT molecular complexity index is 620. The van der Waals surface area contributed by atoms with E-state index in [-0.39, 0.29) is 12.4 Å². The maximum atomic E-state index is 12.2. The van der Waals surface area contributed by atoms with Gasteiger partial charge in [-0.2, -0.15) is 0 Å². The van der Waals surface area contributed by atoms with E-state index >= 15 is 0 Å². The quantitative estimate of drug-likeness (QED) is 0.716. The molecule has 2 nitrogen and oxygen atoms in total. The van der Waals surface area contributed by atoms with Crippen molar-refractivity contribution < 1.29 is 9.53 Å². The maximum absolute atomic E-state index is 12.2. The Morgan fingerprint density at radius 1 is 1.14 bits per heavy atom. The third-order valence-electron chi connectivity index (χ3n) is 3.06. The zero-order chi connectivity index (χ0) is 15.2. The van der Waals surface area contributed by atoms with Crippen molar-refractivity contribution in [1.82, 2.24) is 0 Å². The first kappa shape index (κ1) is 15.6. The lowest BCUT2D eigenvalue weighted by atomic mass is 10.00. The van der Waals surface area contributed by atoms with Gasteiger partial charge in [-0.15, -0.1) is 0 Å². The van der Waals surface area contributed by atoms with Crippen molar-refractivity contribution in [3.8, 4) is 5.75 Å². The van der Waals surface area contributed by atoms with Crippen LogP contribution in [0.2, 0.25) is 5.02 Å². The average molecular weight is 303 g/mol. The highest BCUT2D eigenvalue weighted by molar-refractivity contribution is 6.30. The second-order valence-electron chi connectivity index (χ2n) is 5.47. The molecular weight excluding hydrogens is 284 g/mol. The Morgan fingerprint density at radius 3 is 2.62 bits per heavy atom. The van der Waals surface area contributed by atoms with E-state index in [1.54, 1.807) is 24.3 Å². The molecule has 0 atom stereocenters. The molecular formula is C18H19ClO2. The summed E-state index contributed by atoms with van der Waals surface area (Å²) in [6, 6.07) is 14.8. The molecule has 0 amide bonds. The van der Waals surface area contributed by atoms with Crippen LogP contribution < -0.4 is 4.74 Å². The Hall–Kier alpha value is -1.80. The lowest BCUT2D eigenvalue weighted by molar-refractivity contribution is 0.0921. The van der Waals surface area contributed by atoms with Crippen molar-refractivity contribution in [3.05, 3.63) is 64.7 Å². The average Bonchev–Trinajstić information content (AvgIpc) is 2.44. The summed E-state index contributed by atoms with van der Waals surface area (Å²) in [4.78, 5) is 12.2. The fourth-order valence-corrected chi connectivity index (χ4v) is 2.31. The fraction of sp³-hybridized carbons (Fsp3) is 0.278. The summed E-state index contributed by atoms with van der Waals surface area (Å²) in [6.07, 6.45) is 0.969. The SMILES string of the molecule is CC(C)Cc1cccc(C(=O)COc2cccc(Cl)c2)c1. The molecule has 0 saturated carbocycles. The summed E-state index contributed by atoms with van der Waals surface area (Å²) in [5, 5.41) is 0.596. The number of hydrogen-bond donors (Lipinski definition) is 0. The molecule has 0 spiro atoms. The smallest absolute Gasteiger partial charge is 0.200 e. The van der Waals surface area contributed by atoms with Gasteiger partial charge >= 0.3 is 0 Å². The Morgan fingerprint density at radius 2 is 1.90 bits per heavy atom. The Kier molecular flexibility index (Phi) is 5.40. The molecule has 2 aromatic carbocycles. The van der Waals surface area contributed by atoms with E-state index in [2.05, 4.69) is 19.9 Å². The van der Waals surface area contributed by atoms with Gasteiger partial charge in [-0.25, -0.2) is 0 Å². The van der Waals surface area contributed by atoms with Crippen molar-refractivity contribution in [1.29, 1.82) is 0 Å². The van der Waals surface area contributed by atoms with E-state index in [1.807, 2.05) is 18.2 Å². The summed E-state index contributed by atoms with van der Waals surface area (Å²) in [6.45, 7) is 4.35. The standard InChI is InChI=1S/C18H19ClO2/c1-13(2)9-14-5-3-6-15(10-14)18(20)12-21-17-8-4-7-16(19)11-17/h3-8,10-11,13H,9,12H2,1-2H3. The van der Waals surface area contributed by atoms with Gasteiger partial charge in [0.1, 0.15) is 5.75 Å². The van der Waals surface area contributed by atoms with E-state index in [0.717, 1.165) is 6.42 Å². The van der Waals surface area contributed by atoms with Crippen LogP contribution in [0.25, 0.3) is 0 Å². The van der Waals surface area contributed by atoms with Gasteiger partial charge < -0.3 is 4.74 Å². The summed E-state index contributed by atoms with van der Waals surface area (Å²) >= 11 is 5.88. The number of ketones is 1.